The van der Waals surface area contributed by atoms with Crippen LogP contribution in [-0.4, -0.2) is 29.9 Å². The van der Waals surface area contributed by atoms with E-state index in [-0.39, 0.29) is 11.0 Å². The minimum Gasteiger partial charge on any atom is -0.489 e. The van der Waals surface area contributed by atoms with E-state index in [9.17, 15) is 8.42 Å². The van der Waals surface area contributed by atoms with Gasteiger partial charge in [0.15, 0.2) is 8.32 Å². The minimum absolute atomic E-state index is 0.0440. The molecule has 0 bridgehead atoms. The lowest BCUT2D eigenvalue weighted by Crippen LogP contribution is -2.42. The highest BCUT2D eigenvalue weighted by molar-refractivity contribution is 7.92. The topological polar surface area (TPSA) is 55.8 Å². The summed E-state index contributed by atoms with van der Waals surface area (Å²) in [6, 6.07) is 22.8. The van der Waals surface area contributed by atoms with Gasteiger partial charge in [0.1, 0.15) is 12.4 Å². The fourth-order valence-electron chi connectivity index (χ4n) is 4.05. The zero-order valence-electron chi connectivity index (χ0n) is 22.1. The van der Waals surface area contributed by atoms with Gasteiger partial charge in [-0.25, -0.2) is 8.42 Å². The SMILES string of the molecule is Cc1ccc(S(=O)(=O)N2C[C@@H](CO[Si](C)(C)C(C)(C)C)c3ccc(OCc4ccccc4)cc32)cc1. The van der Waals surface area contributed by atoms with E-state index in [4.69, 9.17) is 9.16 Å². The van der Waals surface area contributed by atoms with Gasteiger partial charge >= 0.3 is 0 Å². The average molecular weight is 524 g/mol. The van der Waals surface area contributed by atoms with Crippen molar-refractivity contribution >= 4 is 24.0 Å². The second-order valence-electron chi connectivity index (χ2n) is 11.1. The van der Waals surface area contributed by atoms with Gasteiger partial charge in [-0.1, -0.05) is 74.9 Å². The maximum atomic E-state index is 13.8. The van der Waals surface area contributed by atoms with E-state index in [0.29, 0.717) is 36.1 Å². The summed E-state index contributed by atoms with van der Waals surface area (Å²) >= 11 is 0. The van der Waals surface area contributed by atoms with E-state index in [1.165, 1.54) is 4.31 Å². The van der Waals surface area contributed by atoms with Gasteiger partial charge in [-0.15, -0.1) is 0 Å². The first-order chi connectivity index (χ1) is 16.9. The van der Waals surface area contributed by atoms with E-state index in [1.807, 2.05) is 67.6 Å². The molecule has 0 saturated carbocycles. The van der Waals surface area contributed by atoms with Crippen molar-refractivity contribution in [1.29, 1.82) is 0 Å². The van der Waals surface area contributed by atoms with Crippen molar-refractivity contribution in [2.75, 3.05) is 17.5 Å². The van der Waals surface area contributed by atoms with E-state index >= 15 is 0 Å². The Morgan fingerprint density at radius 1 is 0.972 bits per heavy atom. The molecule has 36 heavy (non-hydrogen) atoms. The third-order valence-electron chi connectivity index (χ3n) is 7.41. The number of aryl methyl sites for hydroxylation is 1. The number of anilines is 1. The predicted molar refractivity (Wildman–Crippen MR) is 149 cm³/mol. The van der Waals surface area contributed by atoms with Crippen molar-refractivity contribution < 1.29 is 17.6 Å². The van der Waals surface area contributed by atoms with Crippen molar-refractivity contribution in [3.8, 4) is 5.75 Å². The Morgan fingerprint density at radius 2 is 1.64 bits per heavy atom. The smallest absolute Gasteiger partial charge is 0.264 e. The Balaban J connectivity index is 1.65. The Labute approximate surface area is 217 Å². The van der Waals surface area contributed by atoms with Crippen LogP contribution in [0.3, 0.4) is 0 Å². The fraction of sp³-hybridized carbons (Fsp3) is 0.379. The summed E-state index contributed by atoms with van der Waals surface area (Å²) in [6.45, 7) is 14.3. The van der Waals surface area contributed by atoms with Gasteiger partial charge in [0.05, 0.1) is 10.6 Å². The van der Waals surface area contributed by atoms with Gasteiger partial charge in [-0.05, 0) is 54.4 Å². The third kappa shape index (κ3) is 5.53. The molecule has 0 amide bonds. The van der Waals surface area contributed by atoms with E-state index in [0.717, 1.165) is 16.7 Å². The van der Waals surface area contributed by atoms with Crippen molar-refractivity contribution in [1.82, 2.24) is 0 Å². The van der Waals surface area contributed by atoms with Crippen LogP contribution in [0.15, 0.2) is 77.7 Å². The predicted octanol–water partition coefficient (Wildman–Crippen LogP) is 6.89. The molecule has 7 heteroatoms. The molecule has 0 unspecified atom stereocenters. The lowest BCUT2D eigenvalue weighted by atomic mass is 10.0. The maximum Gasteiger partial charge on any atom is 0.264 e. The fourth-order valence-corrected chi connectivity index (χ4v) is 6.62. The Kier molecular flexibility index (Phi) is 7.37. The molecule has 1 heterocycles. The molecule has 4 rings (SSSR count). The minimum atomic E-state index is -3.73. The number of benzene rings is 3. The highest BCUT2D eigenvalue weighted by Crippen LogP contribution is 2.43. The molecule has 0 aliphatic carbocycles. The van der Waals surface area contributed by atoms with Crippen LogP contribution in [0.2, 0.25) is 18.1 Å². The van der Waals surface area contributed by atoms with Gasteiger partial charge in [0, 0.05) is 25.1 Å². The van der Waals surface area contributed by atoms with Crippen LogP contribution in [0.5, 0.6) is 5.75 Å². The normalized spacial score (nSPS) is 16.2. The summed E-state index contributed by atoms with van der Waals surface area (Å²) in [4.78, 5) is 0.292. The zero-order chi connectivity index (χ0) is 26.1. The lowest BCUT2D eigenvalue weighted by molar-refractivity contribution is 0.268. The second-order valence-corrected chi connectivity index (χ2v) is 17.8. The Bertz CT molecular complexity index is 1300. The first-order valence-corrected chi connectivity index (χ1v) is 16.8. The molecule has 5 nitrogen and oxygen atoms in total. The molecule has 0 spiro atoms. The number of nitrogens with zero attached hydrogens (tertiary/aromatic N) is 1. The highest BCUT2D eigenvalue weighted by Gasteiger charge is 2.41. The van der Waals surface area contributed by atoms with Crippen molar-refractivity contribution in [3.05, 3.63) is 89.5 Å². The summed E-state index contributed by atoms with van der Waals surface area (Å²) in [5.74, 6) is 0.602. The Hall–Kier alpha value is -2.61. The molecular formula is C29H37NO4SSi. The highest BCUT2D eigenvalue weighted by atomic mass is 32.2. The van der Waals surface area contributed by atoms with Gasteiger partial charge < -0.3 is 9.16 Å². The third-order valence-corrected chi connectivity index (χ3v) is 13.7. The molecule has 0 N–H and O–H groups in total. The van der Waals surface area contributed by atoms with Gasteiger partial charge in [0.2, 0.25) is 0 Å². The number of ether oxygens (including phenoxy) is 1. The molecule has 1 aliphatic heterocycles. The molecule has 3 aromatic carbocycles. The second kappa shape index (κ2) is 10.0. The van der Waals surface area contributed by atoms with Crippen LogP contribution >= 0.6 is 0 Å². The number of sulfonamides is 1. The van der Waals surface area contributed by atoms with Crippen molar-refractivity contribution in [2.45, 2.75) is 63.2 Å². The van der Waals surface area contributed by atoms with Gasteiger partial charge in [-0.3, -0.25) is 4.31 Å². The summed E-state index contributed by atoms with van der Waals surface area (Å²) in [6.07, 6.45) is 0. The molecule has 1 aliphatic rings. The molecule has 192 valence electrons. The molecule has 1 atom stereocenters. The number of rotatable bonds is 8. The number of fused-ring (bicyclic) bond motifs is 1. The maximum absolute atomic E-state index is 13.8. The summed E-state index contributed by atoms with van der Waals surface area (Å²) in [7, 11) is -5.72. The van der Waals surface area contributed by atoms with Gasteiger partial charge in [0.25, 0.3) is 10.0 Å². The molecule has 0 radical (unpaired) electrons. The zero-order valence-corrected chi connectivity index (χ0v) is 23.9. The number of hydrogen-bond donors (Lipinski definition) is 0. The largest absolute Gasteiger partial charge is 0.489 e. The standard InChI is InChI=1S/C29H37NO4SSi/c1-22-12-15-26(16-13-22)35(31,32)30-19-24(21-34-36(5,6)29(2,3)4)27-17-14-25(18-28(27)30)33-20-23-10-8-7-9-11-23/h7-18,24H,19-21H2,1-6H3/t24-/m0/s1. The average Bonchev–Trinajstić information content (AvgIpc) is 3.20. The first kappa shape index (κ1) is 26.4. The molecule has 0 saturated heterocycles. The van der Waals surface area contributed by atoms with Crippen LogP contribution in [-0.2, 0) is 21.1 Å². The van der Waals surface area contributed by atoms with Crippen molar-refractivity contribution in [3.63, 3.8) is 0 Å². The monoisotopic (exact) mass is 523 g/mol. The van der Waals surface area contributed by atoms with Crippen LogP contribution in [0, 0.1) is 6.92 Å². The molecule has 0 fully saturated rings. The summed E-state index contributed by atoms with van der Waals surface area (Å²) in [5.41, 5.74) is 3.73. The van der Waals surface area contributed by atoms with E-state index < -0.39 is 18.3 Å². The van der Waals surface area contributed by atoms with Gasteiger partial charge in [-0.2, -0.15) is 0 Å². The lowest BCUT2D eigenvalue weighted by Gasteiger charge is -2.37. The molecule has 3 aromatic rings. The van der Waals surface area contributed by atoms with E-state index in [1.54, 1.807) is 12.1 Å². The number of hydrogen-bond acceptors (Lipinski definition) is 4. The molecule has 0 aromatic heterocycles. The summed E-state index contributed by atoms with van der Waals surface area (Å²) in [5, 5.41) is 0.0806. The van der Waals surface area contributed by atoms with E-state index in [2.05, 4.69) is 33.9 Å². The van der Waals surface area contributed by atoms with Crippen molar-refractivity contribution in [2.24, 2.45) is 0 Å². The Morgan fingerprint density at radius 3 is 2.28 bits per heavy atom. The van der Waals surface area contributed by atoms with Crippen LogP contribution in [0.4, 0.5) is 5.69 Å². The van der Waals surface area contributed by atoms with Crippen LogP contribution < -0.4 is 9.04 Å². The van der Waals surface area contributed by atoms with Crippen LogP contribution in [0.1, 0.15) is 43.4 Å². The first-order valence-electron chi connectivity index (χ1n) is 12.4. The quantitative estimate of drug-likeness (QED) is 0.302. The van der Waals surface area contributed by atoms with Crippen LogP contribution in [0.25, 0.3) is 0 Å². The summed E-state index contributed by atoms with van der Waals surface area (Å²) < 4.78 is 41.6. The molecular weight excluding hydrogens is 486 g/mol.